The number of carbonyl (C=O) groups is 2. The number of nitrogens with zero attached hydrogens (tertiary/aromatic N) is 6. The summed E-state index contributed by atoms with van der Waals surface area (Å²) in [6, 6.07) is 3.45. The van der Waals surface area contributed by atoms with Gasteiger partial charge in [-0.2, -0.15) is 13.2 Å². The highest BCUT2D eigenvalue weighted by molar-refractivity contribution is 7.91. The number of carbonyl (C=O) groups excluding carboxylic acids is 2. The van der Waals surface area contributed by atoms with Gasteiger partial charge in [0.25, 0.3) is 5.91 Å². The lowest BCUT2D eigenvalue weighted by atomic mass is 10.2. The molecule has 1 aliphatic rings. The number of fused-ring (bicyclic) bond motifs is 2. The Bertz CT molecular complexity index is 1610. The van der Waals surface area contributed by atoms with Crippen LogP contribution in [0.3, 0.4) is 0 Å². The molecular weight excluding hydrogens is 553 g/mol. The molecule has 0 aromatic carbocycles. The number of alkyl halides is 3. The zero-order chi connectivity index (χ0) is 27.7. The Hall–Kier alpha value is -3.92. The van der Waals surface area contributed by atoms with Gasteiger partial charge in [-0.3, -0.25) is 14.0 Å². The van der Waals surface area contributed by atoms with Gasteiger partial charge in [-0.15, -0.1) is 5.10 Å². The summed E-state index contributed by atoms with van der Waals surface area (Å²) in [7, 11) is -3.06. The number of hydrogen-bond donors (Lipinski definition) is 2. The van der Waals surface area contributed by atoms with Crippen molar-refractivity contribution in [1.82, 2.24) is 29.3 Å². The third kappa shape index (κ3) is 5.80. The molecule has 1 amide bonds. The first-order valence-electron chi connectivity index (χ1n) is 10.9. The van der Waals surface area contributed by atoms with Crippen LogP contribution in [0.2, 0.25) is 5.02 Å². The second-order valence-corrected chi connectivity index (χ2v) is 10.8. The Morgan fingerprint density at radius 1 is 1.26 bits per heavy atom. The number of nitrogens with two attached hydrogens (primary N) is 1. The molecule has 1 fully saturated rings. The quantitative estimate of drug-likeness (QED) is 0.346. The summed E-state index contributed by atoms with van der Waals surface area (Å²) >= 11 is 6.45. The van der Waals surface area contributed by atoms with Gasteiger partial charge < -0.3 is 16.0 Å². The zero-order valence-electron chi connectivity index (χ0n) is 19.4. The first-order chi connectivity index (χ1) is 17.9. The number of pyridine rings is 1. The number of nitrogen functional groups attached to an aromatic ring is 1. The smallest absolute Gasteiger partial charge is 0.381 e. The van der Waals surface area contributed by atoms with Gasteiger partial charge in [0, 0.05) is 37.6 Å². The van der Waals surface area contributed by atoms with E-state index in [1.807, 2.05) is 9.30 Å². The van der Waals surface area contributed by atoms with Crippen molar-refractivity contribution >= 4 is 56.4 Å². The molecule has 1 saturated heterocycles. The lowest BCUT2D eigenvalue weighted by Crippen LogP contribution is -2.42. The number of nitrogens with one attached hydrogen (secondary N) is 1. The first kappa shape index (κ1) is 27.1. The van der Waals surface area contributed by atoms with Crippen LogP contribution in [0.1, 0.15) is 15.9 Å². The summed E-state index contributed by atoms with van der Waals surface area (Å²) in [5.41, 5.74) is 7.90. The van der Waals surface area contributed by atoms with E-state index in [1.54, 1.807) is 37.1 Å². The fourth-order valence-electron chi connectivity index (χ4n) is 3.88. The summed E-state index contributed by atoms with van der Waals surface area (Å²) < 4.78 is 58.3. The van der Waals surface area contributed by atoms with Crippen LogP contribution in [0, 0.1) is 0 Å². The molecular formula is C21H20ClF3N8O4S. The zero-order valence-corrected chi connectivity index (χ0v) is 21.0. The number of sulfone groups is 1. The Morgan fingerprint density at radius 3 is 2.61 bits per heavy atom. The Labute approximate surface area is 218 Å². The van der Waals surface area contributed by atoms with E-state index < -0.39 is 28.2 Å². The molecule has 0 saturated carbocycles. The maximum atomic E-state index is 13.0. The van der Waals surface area contributed by atoms with Gasteiger partial charge in [-0.25, -0.2) is 22.9 Å². The Morgan fingerprint density at radius 2 is 1.95 bits per heavy atom. The normalized spacial score (nSPS) is 15.2. The fraction of sp³-hybridized carbons (Fsp3) is 0.286. The molecule has 17 heteroatoms. The second-order valence-electron chi connectivity index (χ2n) is 8.12. The fourth-order valence-corrected chi connectivity index (χ4v) is 5.35. The van der Waals surface area contributed by atoms with E-state index >= 15 is 0 Å². The van der Waals surface area contributed by atoms with Crippen molar-refractivity contribution in [3.05, 3.63) is 53.2 Å². The van der Waals surface area contributed by atoms with Crippen molar-refractivity contribution in [1.29, 1.82) is 0 Å². The van der Waals surface area contributed by atoms with E-state index in [0.717, 1.165) is 11.4 Å². The van der Waals surface area contributed by atoms with Gasteiger partial charge in [-0.1, -0.05) is 11.6 Å². The highest BCUT2D eigenvalue weighted by Gasteiger charge is 2.27. The van der Waals surface area contributed by atoms with Crippen molar-refractivity contribution in [3.8, 4) is 0 Å². The monoisotopic (exact) mass is 572 g/mol. The highest BCUT2D eigenvalue weighted by Crippen LogP contribution is 2.30. The number of rotatable bonds is 4. The van der Waals surface area contributed by atoms with Crippen molar-refractivity contribution in [2.75, 3.05) is 35.2 Å². The van der Waals surface area contributed by atoms with Crippen LogP contribution in [0.25, 0.3) is 11.2 Å². The topological polar surface area (TPSA) is 157 Å². The Kier molecular flexibility index (Phi) is 7.46. The largest absolute Gasteiger partial charge is 0.446 e. The van der Waals surface area contributed by atoms with Gasteiger partial charge in [0.15, 0.2) is 21.3 Å². The number of aromatic nitrogens is 5. The number of hydrogen-bond acceptors (Lipinski definition) is 9. The molecule has 3 N–H and O–H groups in total. The van der Waals surface area contributed by atoms with E-state index in [2.05, 4.69) is 20.4 Å². The molecule has 0 radical (unpaired) electrons. The molecule has 12 nitrogen and oxygen atoms in total. The summed E-state index contributed by atoms with van der Waals surface area (Å²) in [4.78, 5) is 32.0. The van der Waals surface area contributed by atoms with E-state index in [-0.39, 0.29) is 29.4 Å². The molecule has 5 rings (SSSR count). The van der Waals surface area contributed by atoms with Crippen LogP contribution in [0.5, 0.6) is 0 Å². The lowest BCUT2D eigenvalue weighted by molar-refractivity contribution is -0.156. The number of imidazole rings is 1. The van der Waals surface area contributed by atoms with Gasteiger partial charge in [-0.05, 0) is 12.1 Å². The lowest BCUT2D eigenvalue weighted by Gasteiger charge is -2.31. The SMILES string of the molecule is Nc1nn2cccnc2c1C(=O)NCc1cc(Cl)c2cncn2c1N1CCS(=O)(=O)CC1.O=CC(F)(F)F. The second kappa shape index (κ2) is 10.4. The Balaban J connectivity index is 0.000000505. The molecule has 5 heterocycles. The molecule has 0 atom stereocenters. The molecule has 4 aromatic heterocycles. The molecule has 0 bridgehead atoms. The molecule has 4 aromatic rings. The van der Waals surface area contributed by atoms with Crippen molar-refractivity contribution < 1.29 is 31.2 Å². The third-order valence-electron chi connectivity index (χ3n) is 5.57. The average molecular weight is 573 g/mol. The summed E-state index contributed by atoms with van der Waals surface area (Å²) in [6.07, 6.45) is 0.776. The number of amides is 1. The maximum Gasteiger partial charge on any atom is 0.446 e. The van der Waals surface area contributed by atoms with Crippen LogP contribution in [0.4, 0.5) is 24.8 Å². The maximum absolute atomic E-state index is 13.0. The summed E-state index contributed by atoms with van der Waals surface area (Å²) in [5.74, 6) is 0.504. The van der Waals surface area contributed by atoms with E-state index in [0.29, 0.717) is 29.3 Å². The van der Waals surface area contributed by atoms with E-state index in [4.69, 9.17) is 22.1 Å². The first-order valence-corrected chi connectivity index (χ1v) is 13.1. The molecule has 1 aliphatic heterocycles. The molecule has 0 unspecified atom stereocenters. The van der Waals surface area contributed by atoms with Crippen LogP contribution < -0.4 is 16.0 Å². The van der Waals surface area contributed by atoms with Crippen molar-refractivity contribution in [2.24, 2.45) is 0 Å². The minimum atomic E-state index is -4.64. The summed E-state index contributed by atoms with van der Waals surface area (Å²) in [5, 5.41) is 7.45. The van der Waals surface area contributed by atoms with Crippen molar-refractivity contribution in [2.45, 2.75) is 12.7 Å². The predicted octanol–water partition coefficient (Wildman–Crippen LogP) is 1.52. The highest BCUT2D eigenvalue weighted by atomic mass is 35.5. The van der Waals surface area contributed by atoms with Crippen LogP contribution in [-0.4, -0.2) is 75.4 Å². The third-order valence-corrected chi connectivity index (χ3v) is 7.48. The van der Waals surface area contributed by atoms with Crippen LogP contribution in [0.15, 0.2) is 37.1 Å². The number of aldehydes is 1. The minimum Gasteiger partial charge on any atom is -0.381 e. The molecule has 38 heavy (non-hydrogen) atoms. The number of anilines is 2. The van der Waals surface area contributed by atoms with Gasteiger partial charge >= 0.3 is 6.18 Å². The van der Waals surface area contributed by atoms with Crippen LogP contribution in [-0.2, 0) is 21.2 Å². The molecule has 0 spiro atoms. The summed E-state index contributed by atoms with van der Waals surface area (Å²) in [6.45, 7) is 0.807. The van der Waals surface area contributed by atoms with Gasteiger partial charge in [0.2, 0.25) is 6.29 Å². The minimum absolute atomic E-state index is 0.0578. The molecule has 0 aliphatic carbocycles. The molecule has 202 valence electrons. The average Bonchev–Trinajstić information content (AvgIpc) is 3.47. The van der Waals surface area contributed by atoms with Crippen LogP contribution >= 0.6 is 11.6 Å². The number of halogens is 4. The van der Waals surface area contributed by atoms with Crippen molar-refractivity contribution in [3.63, 3.8) is 0 Å². The van der Waals surface area contributed by atoms with Gasteiger partial charge in [0.05, 0.1) is 28.2 Å². The predicted molar refractivity (Wildman–Crippen MR) is 132 cm³/mol. The van der Waals surface area contributed by atoms with Gasteiger partial charge in [0.1, 0.15) is 17.7 Å². The van der Waals surface area contributed by atoms with E-state index in [9.17, 15) is 26.4 Å². The van der Waals surface area contributed by atoms with E-state index in [1.165, 1.54) is 4.52 Å². The standard InChI is InChI=1S/C19H19ClN8O3S.C2HF3O/c20-13-8-12(9-24-18(29)15-16(21)25-28-3-1-2-23-17(15)28)19(27-11-22-10-14(13)27)26-4-6-32(30,31)7-5-26;3-2(4,5)1-6/h1-3,8,10-11H,4-7,9H2,(H2,21,25)(H,24,29);1H.